The van der Waals surface area contributed by atoms with Crippen molar-refractivity contribution in [1.29, 1.82) is 0 Å². The van der Waals surface area contributed by atoms with Gasteiger partial charge in [-0.1, -0.05) is 19.4 Å². The second-order valence-corrected chi connectivity index (χ2v) is 3.85. The lowest BCUT2D eigenvalue weighted by Gasteiger charge is -2.22. The Morgan fingerprint density at radius 3 is 2.77 bits per heavy atom. The lowest BCUT2D eigenvalue weighted by Crippen LogP contribution is -2.37. The molecule has 0 radical (unpaired) electrons. The Morgan fingerprint density at radius 1 is 1.54 bits per heavy atom. The van der Waals surface area contributed by atoms with Crippen LogP contribution in [0.4, 0.5) is 0 Å². The van der Waals surface area contributed by atoms with Gasteiger partial charge in [0.25, 0.3) is 0 Å². The molecule has 0 fully saturated rings. The van der Waals surface area contributed by atoms with E-state index in [1.54, 1.807) is 0 Å². The molecular formula is C11H23NO. The van der Waals surface area contributed by atoms with E-state index < -0.39 is 5.60 Å². The summed E-state index contributed by atoms with van der Waals surface area (Å²) >= 11 is 0. The molecule has 2 nitrogen and oxygen atoms in total. The van der Waals surface area contributed by atoms with Crippen LogP contribution in [0.25, 0.3) is 0 Å². The van der Waals surface area contributed by atoms with Crippen molar-refractivity contribution in [3.05, 3.63) is 12.7 Å². The van der Waals surface area contributed by atoms with Crippen molar-refractivity contribution in [3.8, 4) is 0 Å². The summed E-state index contributed by atoms with van der Waals surface area (Å²) in [5.74, 6) is 0. The topological polar surface area (TPSA) is 32.3 Å². The number of hydrogen-bond acceptors (Lipinski definition) is 2. The normalized spacial score (nSPS) is 15.3. The van der Waals surface area contributed by atoms with Gasteiger partial charge in [-0.25, -0.2) is 0 Å². The van der Waals surface area contributed by atoms with E-state index in [0.717, 1.165) is 32.2 Å². The molecule has 0 aliphatic carbocycles. The molecule has 0 aromatic heterocycles. The van der Waals surface area contributed by atoms with Crippen LogP contribution in [-0.2, 0) is 0 Å². The van der Waals surface area contributed by atoms with Crippen LogP contribution < -0.4 is 5.32 Å². The summed E-state index contributed by atoms with van der Waals surface area (Å²) in [4.78, 5) is 0. The van der Waals surface area contributed by atoms with E-state index in [9.17, 15) is 5.11 Å². The lowest BCUT2D eigenvalue weighted by atomic mass is 10.0. The Bertz CT molecular complexity index is 132. The van der Waals surface area contributed by atoms with Crippen LogP contribution in [0.5, 0.6) is 0 Å². The molecule has 0 spiro atoms. The number of hydrogen-bond donors (Lipinski definition) is 2. The maximum atomic E-state index is 9.79. The third-order valence-corrected chi connectivity index (χ3v) is 2.06. The van der Waals surface area contributed by atoms with E-state index in [1.165, 1.54) is 0 Å². The van der Waals surface area contributed by atoms with Crippen LogP contribution in [0.15, 0.2) is 12.7 Å². The van der Waals surface area contributed by atoms with Crippen molar-refractivity contribution in [3.63, 3.8) is 0 Å². The van der Waals surface area contributed by atoms with Gasteiger partial charge in [0, 0.05) is 6.54 Å². The minimum Gasteiger partial charge on any atom is -0.389 e. The zero-order valence-corrected chi connectivity index (χ0v) is 8.97. The first-order valence-corrected chi connectivity index (χ1v) is 5.16. The maximum Gasteiger partial charge on any atom is 0.0743 e. The van der Waals surface area contributed by atoms with Crippen LogP contribution in [0, 0.1) is 0 Å². The molecule has 1 unspecified atom stereocenters. The van der Waals surface area contributed by atoms with Gasteiger partial charge in [-0.15, -0.1) is 6.58 Å². The predicted molar refractivity (Wildman–Crippen MR) is 57.8 cm³/mol. The highest BCUT2D eigenvalue weighted by atomic mass is 16.3. The van der Waals surface area contributed by atoms with Gasteiger partial charge in [0.15, 0.2) is 0 Å². The molecule has 13 heavy (non-hydrogen) atoms. The second kappa shape index (κ2) is 7.10. The number of unbranched alkanes of at least 4 members (excludes halogenated alkanes) is 1. The zero-order chi connectivity index (χ0) is 10.2. The van der Waals surface area contributed by atoms with E-state index in [2.05, 4.69) is 18.8 Å². The highest BCUT2D eigenvalue weighted by Gasteiger charge is 2.17. The van der Waals surface area contributed by atoms with Gasteiger partial charge in [-0.05, 0) is 32.7 Å². The van der Waals surface area contributed by atoms with Crippen LogP contribution in [-0.4, -0.2) is 23.8 Å². The first kappa shape index (κ1) is 12.7. The quantitative estimate of drug-likeness (QED) is 0.448. The monoisotopic (exact) mass is 185 g/mol. The Hall–Kier alpha value is -0.340. The van der Waals surface area contributed by atoms with Crippen LogP contribution >= 0.6 is 0 Å². The number of nitrogens with one attached hydrogen (secondary N) is 1. The van der Waals surface area contributed by atoms with Crippen molar-refractivity contribution in [2.45, 2.75) is 45.1 Å². The van der Waals surface area contributed by atoms with E-state index in [0.29, 0.717) is 6.54 Å². The molecule has 0 bridgehead atoms. The largest absolute Gasteiger partial charge is 0.389 e. The standard InChI is InChI=1S/C11H23NO/c1-4-6-7-9-12-10-11(3,13)8-5-2/h4,12-13H,1,5-10H2,2-3H3. The van der Waals surface area contributed by atoms with Crippen LogP contribution in [0.2, 0.25) is 0 Å². The Balaban J connectivity index is 3.34. The van der Waals surface area contributed by atoms with Crippen LogP contribution in [0.3, 0.4) is 0 Å². The van der Waals surface area contributed by atoms with Crippen molar-refractivity contribution < 1.29 is 5.11 Å². The molecule has 0 aromatic carbocycles. The van der Waals surface area contributed by atoms with Crippen molar-refractivity contribution >= 4 is 0 Å². The minimum atomic E-state index is -0.539. The van der Waals surface area contributed by atoms with Gasteiger partial charge in [0.05, 0.1) is 5.60 Å². The molecule has 0 amide bonds. The van der Waals surface area contributed by atoms with E-state index in [-0.39, 0.29) is 0 Å². The fourth-order valence-corrected chi connectivity index (χ4v) is 1.36. The molecule has 0 aliphatic heterocycles. The summed E-state index contributed by atoms with van der Waals surface area (Å²) in [6.07, 6.45) is 5.96. The lowest BCUT2D eigenvalue weighted by molar-refractivity contribution is 0.0502. The predicted octanol–water partition coefficient (Wildman–Crippen LogP) is 2.09. The molecule has 2 heteroatoms. The van der Waals surface area contributed by atoms with E-state index >= 15 is 0 Å². The summed E-state index contributed by atoms with van der Waals surface area (Å²) < 4.78 is 0. The average Bonchev–Trinajstić information content (AvgIpc) is 2.04. The fraction of sp³-hybridized carbons (Fsp3) is 0.818. The highest BCUT2D eigenvalue weighted by Crippen LogP contribution is 2.09. The minimum absolute atomic E-state index is 0.539. The Kier molecular flexibility index (Phi) is 6.92. The molecule has 1 atom stereocenters. The Labute approximate surface area is 82.0 Å². The molecule has 78 valence electrons. The smallest absolute Gasteiger partial charge is 0.0743 e. The highest BCUT2D eigenvalue weighted by molar-refractivity contribution is 4.75. The maximum absolute atomic E-state index is 9.79. The SMILES string of the molecule is C=CCCCNCC(C)(O)CCC. The molecule has 0 saturated heterocycles. The summed E-state index contributed by atoms with van der Waals surface area (Å²) in [6.45, 7) is 9.29. The fourth-order valence-electron chi connectivity index (χ4n) is 1.36. The molecular weight excluding hydrogens is 162 g/mol. The van der Waals surface area contributed by atoms with Gasteiger partial charge in [0.1, 0.15) is 0 Å². The van der Waals surface area contributed by atoms with Crippen molar-refractivity contribution in [2.75, 3.05) is 13.1 Å². The molecule has 0 rings (SSSR count). The number of rotatable bonds is 8. The second-order valence-electron chi connectivity index (χ2n) is 3.85. The first-order chi connectivity index (χ1) is 6.12. The summed E-state index contributed by atoms with van der Waals surface area (Å²) in [7, 11) is 0. The van der Waals surface area contributed by atoms with Gasteiger partial charge in [0.2, 0.25) is 0 Å². The third-order valence-electron chi connectivity index (χ3n) is 2.06. The molecule has 0 aromatic rings. The van der Waals surface area contributed by atoms with Crippen molar-refractivity contribution in [2.24, 2.45) is 0 Å². The van der Waals surface area contributed by atoms with Crippen LogP contribution in [0.1, 0.15) is 39.5 Å². The summed E-state index contributed by atoms with van der Waals surface area (Å²) in [5.41, 5.74) is -0.539. The number of allylic oxidation sites excluding steroid dienone is 1. The molecule has 0 heterocycles. The molecule has 2 N–H and O–H groups in total. The summed E-state index contributed by atoms with van der Waals surface area (Å²) in [6, 6.07) is 0. The van der Waals surface area contributed by atoms with Crippen molar-refractivity contribution in [1.82, 2.24) is 5.32 Å². The van der Waals surface area contributed by atoms with E-state index in [1.807, 2.05) is 13.0 Å². The van der Waals surface area contributed by atoms with Gasteiger partial charge < -0.3 is 10.4 Å². The average molecular weight is 185 g/mol. The van der Waals surface area contributed by atoms with Gasteiger partial charge in [-0.2, -0.15) is 0 Å². The van der Waals surface area contributed by atoms with E-state index in [4.69, 9.17) is 0 Å². The summed E-state index contributed by atoms with van der Waals surface area (Å²) in [5, 5.41) is 13.0. The third kappa shape index (κ3) is 8.00. The Morgan fingerprint density at radius 2 is 2.23 bits per heavy atom. The molecule has 0 saturated carbocycles. The molecule has 0 aliphatic rings. The van der Waals surface area contributed by atoms with Gasteiger partial charge in [-0.3, -0.25) is 0 Å². The number of aliphatic hydroxyl groups is 1. The first-order valence-electron chi connectivity index (χ1n) is 5.16. The van der Waals surface area contributed by atoms with Gasteiger partial charge >= 0.3 is 0 Å². The zero-order valence-electron chi connectivity index (χ0n) is 8.97.